The molecule has 0 aliphatic carbocycles. The molecule has 148 valence electrons. The van der Waals surface area contributed by atoms with E-state index in [-0.39, 0.29) is 30.5 Å². The Kier molecular flexibility index (Phi) is 6.02. The molecular formula is C22H25NO5. The van der Waals surface area contributed by atoms with Crippen LogP contribution in [0.3, 0.4) is 0 Å². The molecule has 2 aromatic rings. The van der Waals surface area contributed by atoms with E-state index in [1.54, 1.807) is 0 Å². The lowest BCUT2D eigenvalue weighted by molar-refractivity contribution is -0.171. The molecule has 2 aliphatic rings. The number of benzene rings is 2. The summed E-state index contributed by atoms with van der Waals surface area (Å²) in [6, 6.07) is 19.3. The Hall–Kier alpha value is -2.25. The third kappa shape index (κ3) is 4.59. The highest BCUT2D eigenvalue weighted by Gasteiger charge is 2.55. The maximum absolute atomic E-state index is 12.2. The third-order valence-electron chi connectivity index (χ3n) is 5.11. The van der Waals surface area contributed by atoms with Crippen molar-refractivity contribution in [3.63, 3.8) is 0 Å². The number of carbonyl (C=O) groups is 1. The summed E-state index contributed by atoms with van der Waals surface area (Å²) in [4.78, 5) is 12.2. The first-order valence-corrected chi connectivity index (χ1v) is 9.55. The normalized spacial score (nSPS) is 26.9. The number of carbonyl (C=O) groups excluding carboxylic acids is 1. The second-order valence-electron chi connectivity index (χ2n) is 7.10. The molecule has 0 amide bonds. The van der Waals surface area contributed by atoms with E-state index in [1.165, 1.54) is 7.11 Å². The third-order valence-corrected chi connectivity index (χ3v) is 5.11. The zero-order valence-corrected chi connectivity index (χ0v) is 15.8. The monoisotopic (exact) mass is 383 g/mol. The lowest BCUT2D eigenvalue weighted by Crippen LogP contribution is -2.53. The summed E-state index contributed by atoms with van der Waals surface area (Å²) >= 11 is 0. The van der Waals surface area contributed by atoms with Crippen molar-refractivity contribution in [3.05, 3.63) is 71.8 Å². The quantitative estimate of drug-likeness (QED) is 0.556. The summed E-state index contributed by atoms with van der Waals surface area (Å²) in [5.41, 5.74) is 2.16. The molecule has 2 heterocycles. The molecule has 2 aliphatic heterocycles. The molecule has 6 heteroatoms. The number of fused-ring (bicyclic) bond motifs is 1. The van der Waals surface area contributed by atoms with Gasteiger partial charge < -0.3 is 18.9 Å². The van der Waals surface area contributed by atoms with Gasteiger partial charge in [-0.15, -0.1) is 0 Å². The van der Waals surface area contributed by atoms with Crippen molar-refractivity contribution in [3.8, 4) is 0 Å². The highest BCUT2D eigenvalue weighted by molar-refractivity contribution is 5.76. The number of ether oxygens (including phenoxy) is 4. The van der Waals surface area contributed by atoms with Crippen molar-refractivity contribution in [2.24, 2.45) is 0 Å². The van der Waals surface area contributed by atoms with Crippen LogP contribution in [-0.2, 0) is 36.8 Å². The number of hydrogen-bond donors (Lipinski definition) is 1. The van der Waals surface area contributed by atoms with Gasteiger partial charge >= 0.3 is 5.97 Å². The van der Waals surface area contributed by atoms with Crippen LogP contribution in [0.1, 0.15) is 11.1 Å². The maximum Gasteiger partial charge on any atom is 0.323 e. The topological polar surface area (TPSA) is 69.3 Å². The highest BCUT2D eigenvalue weighted by atomic mass is 16.7. The molecule has 28 heavy (non-hydrogen) atoms. The molecule has 6 nitrogen and oxygen atoms in total. The largest absolute Gasteiger partial charge is 0.468 e. The predicted molar refractivity (Wildman–Crippen MR) is 103 cm³/mol. The van der Waals surface area contributed by atoms with Gasteiger partial charge in [0.25, 0.3) is 0 Å². The summed E-state index contributed by atoms with van der Waals surface area (Å²) < 4.78 is 22.5. The first kappa shape index (κ1) is 19.1. The molecule has 2 aromatic carbocycles. The van der Waals surface area contributed by atoms with E-state index in [1.807, 2.05) is 60.7 Å². The Bertz CT molecular complexity index is 769. The fourth-order valence-electron chi connectivity index (χ4n) is 3.57. The van der Waals surface area contributed by atoms with Crippen LogP contribution in [0.4, 0.5) is 0 Å². The van der Waals surface area contributed by atoms with Gasteiger partial charge in [-0.1, -0.05) is 60.7 Å². The second-order valence-corrected chi connectivity index (χ2v) is 7.10. The smallest absolute Gasteiger partial charge is 0.323 e. The highest BCUT2D eigenvalue weighted by Crippen LogP contribution is 2.35. The molecule has 0 saturated carbocycles. The molecule has 0 spiro atoms. The number of nitrogens with one attached hydrogen (secondary N) is 1. The van der Waals surface area contributed by atoms with Gasteiger partial charge in [0.15, 0.2) is 6.29 Å². The first-order chi connectivity index (χ1) is 13.7. The minimum Gasteiger partial charge on any atom is -0.468 e. The average Bonchev–Trinajstić information content (AvgIpc) is 3.55. The van der Waals surface area contributed by atoms with E-state index < -0.39 is 6.04 Å². The molecule has 4 rings (SSSR count). The molecule has 2 fully saturated rings. The number of methoxy groups -OCH3 is 1. The predicted octanol–water partition coefficient (Wildman–Crippen LogP) is 2.07. The minimum atomic E-state index is -0.451. The fourth-order valence-corrected chi connectivity index (χ4v) is 3.57. The van der Waals surface area contributed by atoms with Crippen LogP contribution in [0.15, 0.2) is 60.7 Å². The van der Waals surface area contributed by atoms with Gasteiger partial charge in [-0.05, 0) is 17.5 Å². The van der Waals surface area contributed by atoms with Crippen LogP contribution in [0.25, 0.3) is 0 Å². The Morgan fingerprint density at radius 2 is 1.75 bits per heavy atom. The molecule has 0 bridgehead atoms. The van der Waals surface area contributed by atoms with Gasteiger partial charge in [0.2, 0.25) is 0 Å². The van der Waals surface area contributed by atoms with Gasteiger partial charge in [0.1, 0.15) is 18.2 Å². The fraction of sp³-hybridized carbons (Fsp3) is 0.409. The zero-order valence-electron chi connectivity index (χ0n) is 15.8. The van der Waals surface area contributed by atoms with Crippen LogP contribution < -0.4 is 5.32 Å². The van der Waals surface area contributed by atoms with Crippen molar-refractivity contribution in [1.29, 1.82) is 0 Å². The summed E-state index contributed by atoms with van der Waals surface area (Å²) in [6.45, 7) is 0.901. The van der Waals surface area contributed by atoms with Crippen LogP contribution in [0, 0.1) is 0 Å². The molecule has 2 saturated heterocycles. The molecular weight excluding hydrogens is 358 g/mol. The number of esters is 1. The standard InChI is InChI=1S/C22H25NO5/c1-25-21(24)17(12-15-8-4-2-5-9-15)23-18-14-27-22(20-19(18)28-20)26-13-16-10-6-3-7-11-16/h2-11,17-20,22-23H,12-14H2,1H3/t17-,18-,19+,20+,22-/m0/s1. The number of rotatable bonds is 8. The van der Waals surface area contributed by atoms with Gasteiger partial charge in [-0.2, -0.15) is 0 Å². The molecule has 0 aromatic heterocycles. The number of hydrogen-bond acceptors (Lipinski definition) is 6. The summed E-state index contributed by atoms with van der Waals surface area (Å²) in [6.07, 6.45) is 0.0476. The Labute approximate surface area is 164 Å². The molecule has 0 unspecified atom stereocenters. The Balaban J connectivity index is 1.31. The summed E-state index contributed by atoms with van der Waals surface area (Å²) in [5, 5.41) is 3.36. The SMILES string of the molecule is COC(=O)[C@H](Cc1ccccc1)N[C@H]1CO[C@H](OCc2ccccc2)[C@@H]2O[C@@H]21. The lowest BCUT2D eigenvalue weighted by atomic mass is 10.0. The van der Waals surface area contributed by atoms with E-state index >= 15 is 0 Å². The van der Waals surface area contributed by atoms with E-state index in [0.717, 1.165) is 11.1 Å². The summed E-state index contributed by atoms with van der Waals surface area (Å²) in [5.74, 6) is -0.288. The van der Waals surface area contributed by atoms with Crippen molar-refractivity contribution in [2.75, 3.05) is 13.7 Å². The van der Waals surface area contributed by atoms with Crippen molar-refractivity contribution in [1.82, 2.24) is 5.32 Å². The molecule has 5 atom stereocenters. The van der Waals surface area contributed by atoms with Gasteiger partial charge in [-0.25, -0.2) is 0 Å². The second kappa shape index (κ2) is 8.84. The molecule has 1 N–H and O–H groups in total. The maximum atomic E-state index is 12.2. The van der Waals surface area contributed by atoms with Crippen LogP contribution in [0.2, 0.25) is 0 Å². The van der Waals surface area contributed by atoms with E-state index in [4.69, 9.17) is 18.9 Å². The Morgan fingerprint density at radius 3 is 2.43 bits per heavy atom. The minimum absolute atomic E-state index is 0.0162. The van der Waals surface area contributed by atoms with Gasteiger partial charge in [-0.3, -0.25) is 10.1 Å². The van der Waals surface area contributed by atoms with E-state index in [2.05, 4.69) is 5.32 Å². The average molecular weight is 383 g/mol. The van der Waals surface area contributed by atoms with E-state index in [9.17, 15) is 4.79 Å². The van der Waals surface area contributed by atoms with Crippen molar-refractivity contribution >= 4 is 5.97 Å². The first-order valence-electron chi connectivity index (χ1n) is 9.55. The Morgan fingerprint density at radius 1 is 1.07 bits per heavy atom. The lowest BCUT2D eigenvalue weighted by Gasteiger charge is -2.28. The van der Waals surface area contributed by atoms with Gasteiger partial charge in [0.05, 0.1) is 26.4 Å². The van der Waals surface area contributed by atoms with E-state index in [0.29, 0.717) is 19.6 Å². The van der Waals surface area contributed by atoms with Crippen LogP contribution >= 0.6 is 0 Å². The van der Waals surface area contributed by atoms with Crippen molar-refractivity contribution in [2.45, 2.75) is 43.6 Å². The summed E-state index contributed by atoms with van der Waals surface area (Å²) in [7, 11) is 1.41. The van der Waals surface area contributed by atoms with Crippen molar-refractivity contribution < 1.29 is 23.7 Å². The van der Waals surface area contributed by atoms with Gasteiger partial charge in [0, 0.05) is 0 Å². The van der Waals surface area contributed by atoms with Crippen LogP contribution in [-0.4, -0.2) is 50.3 Å². The molecule has 0 radical (unpaired) electrons. The number of epoxide rings is 1. The zero-order chi connectivity index (χ0) is 19.3. The van der Waals surface area contributed by atoms with Crippen LogP contribution in [0.5, 0.6) is 0 Å².